The predicted octanol–water partition coefficient (Wildman–Crippen LogP) is 4.57. The Morgan fingerprint density at radius 2 is 1.72 bits per heavy atom. The zero-order valence-electron chi connectivity index (χ0n) is 23.6. The summed E-state index contributed by atoms with van der Waals surface area (Å²) in [6.07, 6.45) is 2.08. The Hall–Kier alpha value is -4.48. The minimum absolute atomic E-state index is 0.0143. The molecule has 1 saturated carbocycles. The van der Waals surface area contributed by atoms with E-state index in [0.29, 0.717) is 18.4 Å². The van der Waals surface area contributed by atoms with Crippen LogP contribution in [0.5, 0.6) is 5.75 Å². The van der Waals surface area contributed by atoms with E-state index in [4.69, 9.17) is 23.4 Å². The predicted molar refractivity (Wildman–Crippen MR) is 157 cm³/mol. The van der Waals surface area contributed by atoms with Crippen LogP contribution in [0.1, 0.15) is 28.8 Å². The van der Waals surface area contributed by atoms with Gasteiger partial charge >= 0.3 is 11.9 Å². The van der Waals surface area contributed by atoms with E-state index in [0.717, 1.165) is 11.8 Å². The van der Waals surface area contributed by atoms with E-state index in [1.807, 2.05) is 30.3 Å². The van der Waals surface area contributed by atoms with Crippen LogP contribution in [0, 0.1) is 5.92 Å². The van der Waals surface area contributed by atoms with E-state index >= 15 is 0 Å². The standard InChI is InChI=1S/C32H30O10S/c1-38-31(34)21-15-22(16-21)39-13-14-40-28-17-23(43(2,36)37)11-12-25(28)29-18-27(33)24-9-6-10-26(30(24)42-29)32(35)41-19-20-7-4-3-5-8-20/h3-12,17-18,21-22H,13-16,19H2,1-2H3. The highest BCUT2D eigenvalue weighted by atomic mass is 32.2. The van der Waals surface area contributed by atoms with Gasteiger partial charge in [0.1, 0.15) is 30.3 Å². The van der Waals surface area contributed by atoms with Gasteiger partial charge < -0.3 is 23.4 Å². The Bertz CT molecular complexity index is 1810. The van der Waals surface area contributed by atoms with E-state index in [1.165, 1.54) is 37.4 Å². The first-order valence-electron chi connectivity index (χ1n) is 13.6. The summed E-state index contributed by atoms with van der Waals surface area (Å²) in [6.45, 7) is 0.284. The molecule has 3 aromatic carbocycles. The van der Waals surface area contributed by atoms with Crippen molar-refractivity contribution in [2.24, 2.45) is 5.92 Å². The van der Waals surface area contributed by atoms with Crippen LogP contribution in [0.25, 0.3) is 22.3 Å². The van der Waals surface area contributed by atoms with Gasteiger partial charge in [-0.3, -0.25) is 9.59 Å². The fourth-order valence-electron chi connectivity index (χ4n) is 4.76. The molecule has 0 N–H and O–H groups in total. The number of ether oxygens (including phenoxy) is 4. The highest BCUT2D eigenvalue weighted by Gasteiger charge is 2.35. The summed E-state index contributed by atoms with van der Waals surface area (Å²) in [6, 6.07) is 19.3. The summed E-state index contributed by atoms with van der Waals surface area (Å²) in [5.74, 6) is -0.870. The normalized spacial score (nSPS) is 16.3. The topological polar surface area (TPSA) is 135 Å². The minimum Gasteiger partial charge on any atom is -0.490 e. The maximum atomic E-state index is 13.1. The van der Waals surface area contributed by atoms with Crippen molar-refractivity contribution < 1.29 is 41.4 Å². The summed E-state index contributed by atoms with van der Waals surface area (Å²) < 4.78 is 52.6. The van der Waals surface area contributed by atoms with Crippen molar-refractivity contribution in [3.8, 4) is 17.1 Å². The number of carbonyl (C=O) groups is 2. The lowest BCUT2D eigenvalue weighted by molar-refractivity contribution is -0.155. The maximum Gasteiger partial charge on any atom is 0.342 e. The van der Waals surface area contributed by atoms with Crippen molar-refractivity contribution in [2.45, 2.75) is 30.4 Å². The van der Waals surface area contributed by atoms with Crippen molar-refractivity contribution in [2.75, 3.05) is 26.6 Å². The number of sulfone groups is 1. The fraction of sp³-hybridized carbons (Fsp3) is 0.281. The number of hydrogen-bond acceptors (Lipinski definition) is 10. The first-order chi connectivity index (χ1) is 20.6. The van der Waals surface area contributed by atoms with Crippen molar-refractivity contribution in [3.63, 3.8) is 0 Å². The zero-order chi connectivity index (χ0) is 30.6. The molecule has 1 fully saturated rings. The Morgan fingerprint density at radius 1 is 0.953 bits per heavy atom. The monoisotopic (exact) mass is 606 g/mol. The maximum absolute atomic E-state index is 13.1. The van der Waals surface area contributed by atoms with Gasteiger partial charge in [0.25, 0.3) is 0 Å². The molecule has 1 aliphatic carbocycles. The Kier molecular flexibility index (Phi) is 8.93. The number of esters is 2. The largest absolute Gasteiger partial charge is 0.490 e. The third-order valence-corrected chi connectivity index (χ3v) is 8.27. The SMILES string of the molecule is COC(=O)C1CC(OCCOc2cc(S(C)(=O)=O)ccc2-c2cc(=O)c3cccc(C(=O)OCc4ccccc4)c3o2)C1. The summed E-state index contributed by atoms with van der Waals surface area (Å²) >= 11 is 0. The molecule has 0 amide bonds. The van der Waals surface area contributed by atoms with Crippen LogP contribution in [0.4, 0.5) is 0 Å². The first kappa shape index (κ1) is 30.0. The Labute approximate surface area is 248 Å². The molecular weight excluding hydrogens is 576 g/mol. The summed E-state index contributed by atoms with van der Waals surface area (Å²) in [5, 5.41) is 0.187. The smallest absolute Gasteiger partial charge is 0.342 e. The van der Waals surface area contributed by atoms with Crippen molar-refractivity contribution >= 4 is 32.7 Å². The Morgan fingerprint density at radius 3 is 2.44 bits per heavy atom. The van der Waals surface area contributed by atoms with Crippen LogP contribution in [-0.2, 0) is 35.4 Å². The molecule has 11 heteroatoms. The van der Waals surface area contributed by atoms with Gasteiger partial charge in [-0.15, -0.1) is 0 Å². The lowest BCUT2D eigenvalue weighted by atomic mass is 9.82. The number of rotatable bonds is 11. The molecule has 4 aromatic rings. The molecule has 1 aromatic heterocycles. The van der Waals surface area contributed by atoms with Gasteiger partial charge in [-0.2, -0.15) is 0 Å². The van der Waals surface area contributed by atoms with E-state index in [1.54, 1.807) is 12.1 Å². The lowest BCUT2D eigenvalue weighted by Gasteiger charge is -2.32. The van der Waals surface area contributed by atoms with E-state index in [2.05, 4.69) is 0 Å². The van der Waals surface area contributed by atoms with Crippen molar-refractivity contribution in [3.05, 3.63) is 94.1 Å². The Balaban J connectivity index is 1.40. The first-order valence-corrected chi connectivity index (χ1v) is 15.5. The molecule has 43 heavy (non-hydrogen) atoms. The van der Waals surface area contributed by atoms with Crippen molar-refractivity contribution in [1.29, 1.82) is 0 Å². The average molecular weight is 607 g/mol. The third-order valence-electron chi connectivity index (χ3n) is 7.16. The van der Waals surface area contributed by atoms with Gasteiger partial charge in [-0.25, -0.2) is 13.2 Å². The van der Waals surface area contributed by atoms with Gasteiger partial charge in [0, 0.05) is 12.3 Å². The minimum atomic E-state index is -3.58. The second-order valence-corrected chi connectivity index (χ2v) is 12.2. The molecule has 0 bridgehead atoms. The lowest BCUT2D eigenvalue weighted by Crippen LogP contribution is -2.37. The van der Waals surface area contributed by atoms with Gasteiger partial charge in [0.2, 0.25) is 0 Å². The molecule has 0 aliphatic heterocycles. The average Bonchev–Trinajstić information content (AvgIpc) is 2.98. The second-order valence-electron chi connectivity index (χ2n) is 10.2. The van der Waals surface area contributed by atoms with Gasteiger partial charge in [-0.05, 0) is 48.7 Å². The highest BCUT2D eigenvalue weighted by Crippen LogP contribution is 2.35. The fourth-order valence-corrected chi connectivity index (χ4v) is 5.39. The van der Waals surface area contributed by atoms with Crippen LogP contribution >= 0.6 is 0 Å². The van der Waals surface area contributed by atoms with Gasteiger partial charge in [0.15, 0.2) is 20.8 Å². The molecule has 0 unspecified atom stereocenters. The van der Waals surface area contributed by atoms with Gasteiger partial charge in [-0.1, -0.05) is 36.4 Å². The molecule has 0 atom stereocenters. The van der Waals surface area contributed by atoms with Crippen LogP contribution < -0.4 is 10.2 Å². The van der Waals surface area contributed by atoms with Crippen molar-refractivity contribution in [1.82, 2.24) is 0 Å². The molecule has 10 nitrogen and oxygen atoms in total. The van der Waals surface area contributed by atoms with Crippen LogP contribution in [0.2, 0.25) is 0 Å². The number of carbonyl (C=O) groups excluding carboxylic acids is 2. The molecule has 0 spiro atoms. The molecular formula is C32H30O10S. The number of benzene rings is 3. The molecule has 5 rings (SSSR count). The quantitative estimate of drug-likeness (QED) is 0.176. The second kappa shape index (κ2) is 12.8. The highest BCUT2D eigenvalue weighted by molar-refractivity contribution is 7.90. The van der Waals surface area contributed by atoms with Gasteiger partial charge in [0.05, 0.1) is 41.6 Å². The van der Waals surface area contributed by atoms with Crippen LogP contribution in [-0.4, -0.2) is 53.0 Å². The molecule has 224 valence electrons. The number of methoxy groups -OCH3 is 1. The number of fused-ring (bicyclic) bond motifs is 1. The molecule has 0 saturated heterocycles. The third kappa shape index (κ3) is 6.95. The van der Waals surface area contributed by atoms with Crippen LogP contribution in [0.3, 0.4) is 0 Å². The van der Waals surface area contributed by atoms with E-state index < -0.39 is 21.2 Å². The molecule has 0 radical (unpaired) electrons. The zero-order valence-corrected chi connectivity index (χ0v) is 24.4. The molecule has 1 aliphatic rings. The van der Waals surface area contributed by atoms with Crippen LogP contribution in [0.15, 0.2) is 86.9 Å². The summed E-state index contributed by atoms with van der Waals surface area (Å²) in [7, 11) is -2.23. The number of para-hydroxylation sites is 1. The number of hydrogen-bond donors (Lipinski definition) is 0. The summed E-state index contributed by atoms with van der Waals surface area (Å²) in [4.78, 5) is 37.8. The summed E-state index contributed by atoms with van der Waals surface area (Å²) in [5.41, 5.74) is 0.820. The van der Waals surface area contributed by atoms with E-state index in [-0.39, 0.29) is 70.7 Å². The van der Waals surface area contributed by atoms with E-state index in [9.17, 15) is 22.8 Å². The molecule has 1 heterocycles.